The van der Waals surface area contributed by atoms with E-state index in [4.69, 9.17) is 23.2 Å². The second kappa shape index (κ2) is 5.59. The van der Waals surface area contributed by atoms with Crippen LogP contribution in [0, 0.1) is 0 Å². The molecule has 1 aromatic rings. The second-order valence-corrected chi connectivity index (χ2v) is 4.87. The van der Waals surface area contributed by atoms with Crippen molar-refractivity contribution in [2.75, 3.05) is 6.54 Å². The summed E-state index contributed by atoms with van der Waals surface area (Å²) in [5.41, 5.74) is 0.728. The molecule has 1 atom stereocenters. The van der Waals surface area contributed by atoms with E-state index < -0.39 is 6.04 Å². The molecular weight excluding hydrogens is 273 g/mol. The van der Waals surface area contributed by atoms with Crippen molar-refractivity contribution < 1.29 is 4.79 Å². The highest BCUT2D eigenvalue weighted by Crippen LogP contribution is 2.25. The van der Waals surface area contributed by atoms with Crippen LogP contribution < -0.4 is 10.6 Å². The molecule has 2 rings (SSSR count). The SMILES string of the molecule is CCCN=C1NC(=O)C(c2cc(Cl)cc(Cl)c2)N1. The number of nitrogens with zero attached hydrogens (tertiary/aromatic N) is 1. The number of halogens is 2. The smallest absolute Gasteiger partial charge is 0.253 e. The molecule has 1 amide bonds. The maximum Gasteiger partial charge on any atom is 0.253 e. The van der Waals surface area contributed by atoms with E-state index >= 15 is 0 Å². The zero-order chi connectivity index (χ0) is 13.1. The van der Waals surface area contributed by atoms with Crippen LogP contribution in [-0.4, -0.2) is 18.4 Å². The minimum absolute atomic E-state index is 0.150. The monoisotopic (exact) mass is 285 g/mol. The number of nitrogens with one attached hydrogen (secondary N) is 2. The summed E-state index contributed by atoms with van der Waals surface area (Å²) in [6.07, 6.45) is 0.925. The van der Waals surface area contributed by atoms with E-state index in [1.54, 1.807) is 18.2 Å². The molecule has 1 unspecified atom stereocenters. The average Bonchev–Trinajstić information content (AvgIpc) is 2.66. The lowest BCUT2D eigenvalue weighted by atomic mass is 10.1. The maximum absolute atomic E-state index is 11.8. The van der Waals surface area contributed by atoms with Gasteiger partial charge in [0.05, 0.1) is 0 Å². The van der Waals surface area contributed by atoms with Gasteiger partial charge < -0.3 is 5.32 Å². The number of benzene rings is 1. The Morgan fingerprint density at radius 2 is 1.94 bits per heavy atom. The predicted octanol–water partition coefficient (Wildman–Crippen LogP) is 2.52. The van der Waals surface area contributed by atoms with E-state index in [0.717, 1.165) is 12.0 Å². The van der Waals surface area contributed by atoms with Gasteiger partial charge in [-0.15, -0.1) is 0 Å². The summed E-state index contributed by atoms with van der Waals surface area (Å²) in [5.74, 6) is 0.353. The second-order valence-electron chi connectivity index (χ2n) is 4.00. The number of amides is 1. The Bertz CT molecular complexity index is 482. The summed E-state index contributed by atoms with van der Waals surface area (Å²) >= 11 is 11.8. The largest absolute Gasteiger partial charge is 0.340 e. The van der Waals surface area contributed by atoms with Gasteiger partial charge >= 0.3 is 0 Å². The van der Waals surface area contributed by atoms with Gasteiger partial charge in [-0.2, -0.15) is 0 Å². The summed E-state index contributed by atoms with van der Waals surface area (Å²) in [6.45, 7) is 2.70. The van der Waals surface area contributed by atoms with Gasteiger partial charge in [0.15, 0.2) is 5.96 Å². The molecule has 1 fully saturated rings. The first-order valence-electron chi connectivity index (χ1n) is 5.68. The van der Waals surface area contributed by atoms with E-state index in [1.165, 1.54) is 0 Å². The van der Waals surface area contributed by atoms with Crippen molar-refractivity contribution in [2.24, 2.45) is 4.99 Å². The van der Waals surface area contributed by atoms with Crippen LogP contribution in [-0.2, 0) is 4.79 Å². The fourth-order valence-corrected chi connectivity index (χ4v) is 2.26. The maximum atomic E-state index is 11.8. The third-order valence-electron chi connectivity index (χ3n) is 2.50. The molecule has 0 bridgehead atoms. The molecule has 1 aromatic carbocycles. The first-order chi connectivity index (χ1) is 8.60. The lowest BCUT2D eigenvalue weighted by Crippen LogP contribution is -2.25. The van der Waals surface area contributed by atoms with Crippen LogP contribution in [0.15, 0.2) is 23.2 Å². The van der Waals surface area contributed by atoms with Gasteiger partial charge in [0.25, 0.3) is 5.91 Å². The molecule has 1 heterocycles. The molecule has 0 aliphatic carbocycles. The molecule has 1 aliphatic rings. The Balaban J connectivity index is 2.21. The molecule has 0 radical (unpaired) electrons. The van der Waals surface area contributed by atoms with Crippen LogP contribution in [0.1, 0.15) is 24.9 Å². The summed E-state index contributed by atoms with van der Waals surface area (Å²) in [6, 6.07) is 4.57. The van der Waals surface area contributed by atoms with Crippen LogP contribution in [0.3, 0.4) is 0 Å². The number of aliphatic imine (C=N–C) groups is 1. The van der Waals surface area contributed by atoms with Gasteiger partial charge in [0.1, 0.15) is 6.04 Å². The lowest BCUT2D eigenvalue weighted by Gasteiger charge is -2.09. The lowest BCUT2D eigenvalue weighted by molar-refractivity contribution is -0.120. The number of rotatable bonds is 3. The Morgan fingerprint density at radius 3 is 2.56 bits per heavy atom. The molecule has 18 heavy (non-hydrogen) atoms. The van der Waals surface area contributed by atoms with Gasteiger partial charge in [-0.1, -0.05) is 30.1 Å². The van der Waals surface area contributed by atoms with Gasteiger partial charge in [-0.05, 0) is 30.2 Å². The van der Waals surface area contributed by atoms with Gasteiger partial charge in [-0.3, -0.25) is 15.1 Å². The standard InChI is InChI=1S/C12H13Cl2N3O/c1-2-3-15-12-16-10(11(18)17-12)7-4-8(13)6-9(14)5-7/h4-6,10H,2-3H2,1H3,(H2,15,16,17,18). The Hall–Kier alpha value is -1.26. The molecular formula is C12H13Cl2N3O. The molecule has 1 aliphatic heterocycles. The van der Waals surface area contributed by atoms with E-state index in [0.29, 0.717) is 22.5 Å². The molecule has 4 nitrogen and oxygen atoms in total. The van der Waals surface area contributed by atoms with E-state index in [1.807, 2.05) is 6.92 Å². The number of carbonyl (C=O) groups excluding carboxylic acids is 1. The topological polar surface area (TPSA) is 53.5 Å². The molecule has 2 N–H and O–H groups in total. The molecule has 6 heteroatoms. The zero-order valence-electron chi connectivity index (χ0n) is 9.84. The summed E-state index contributed by atoms with van der Waals surface area (Å²) in [7, 11) is 0. The summed E-state index contributed by atoms with van der Waals surface area (Å²) < 4.78 is 0. The van der Waals surface area contributed by atoms with Crippen molar-refractivity contribution in [3.05, 3.63) is 33.8 Å². The predicted molar refractivity (Wildman–Crippen MR) is 73.1 cm³/mol. The molecule has 0 saturated carbocycles. The van der Waals surface area contributed by atoms with Gasteiger partial charge in [-0.25, -0.2) is 0 Å². The van der Waals surface area contributed by atoms with Crippen molar-refractivity contribution in [3.63, 3.8) is 0 Å². The van der Waals surface area contributed by atoms with Crippen molar-refractivity contribution in [3.8, 4) is 0 Å². The van der Waals surface area contributed by atoms with Crippen molar-refractivity contribution in [1.82, 2.24) is 10.6 Å². The van der Waals surface area contributed by atoms with E-state index in [2.05, 4.69) is 15.6 Å². The van der Waals surface area contributed by atoms with Crippen LogP contribution in [0.25, 0.3) is 0 Å². The molecule has 0 aromatic heterocycles. The van der Waals surface area contributed by atoms with E-state index in [9.17, 15) is 4.79 Å². The van der Waals surface area contributed by atoms with Crippen molar-refractivity contribution in [1.29, 1.82) is 0 Å². The summed E-state index contributed by atoms with van der Waals surface area (Å²) in [4.78, 5) is 16.1. The fourth-order valence-electron chi connectivity index (χ4n) is 1.71. The third-order valence-corrected chi connectivity index (χ3v) is 2.93. The Morgan fingerprint density at radius 1 is 1.28 bits per heavy atom. The third kappa shape index (κ3) is 2.94. The van der Waals surface area contributed by atoms with Crippen LogP contribution >= 0.6 is 23.2 Å². The van der Waals surface area contributed by atoms with Crippen LogP contribution in [0.5, 0.6) is 0 Å². The number of hydrogen-bond acceptors (Lipinski definition) is 2. The van der Waals surface area contributed by atoms with Crippen molar-refractivity contribution >= 4 is 35.1 Å². The highest BCUT2D eigenvalue weighted by atomic mass is 35.5. The van der Waals surface area contributed by atoms with Crippen LogP contribution in [0.2, 0.25) is 10.0 Å². The first-order valence-corrected chi connectivity index (χ1v) is 6.43. The molecule has 1 saturated heterocycles. The van der Waals surface area contributed by atoms with Gasteiger partial charge in [0.2, 0.25) is 0 Å². The van der Waals surface area contributed by atoms with E-state index in [-0.39, 0.29) is 5.91 Å². The first kappa shape index (κ1) is 13.2. The highest BCUT2D eigenvalue weighted by molar-refractivity contribution is 6.34. The van der Waals surface area contributed by atoms with Crippen molar-refractivity contribution in [2.45, 2.75) is 19.4 Å². The molecule has 96 valence electrons. The normalized spacial score (nSPS) is 20.9. The van der Waals surface area contributed by atoms with Crippen LogP contribution in [0.4, 0.5) is 0 Å². The van der Waals surface area contributed by atoms with Gasteiger partial charge in [0, 0.05) is 16.6 Å². The minimum atomic E-state index is -0.489. The Kier molecular flexibility index (Phi) is 4.09. The highest BCUT2D eigenvalue weighted by Gasteiger charge is 2.29. The summed E-state index contributed by atoms with van der Waals surface area (Å²) in [5, 5.41) is 6.72. The minimum Gasteiger partial charge on any atom is -0.340 e. The fraction of sp³-hybridized carbons (Fsp3) is 0.333. The number of carbonyl (C=O) groups is 1. The number of guanidine groups is 1. The quantitative estimate of drug-likeness (QED) is 0.897. The number of hydrogen-bond donors (Lipinski definition) is 2. The molecule has 0 spiro atoms. The Labute approximate surface area is 115 Å². The zero-order valence-corrected chi connectivity index (χ0v) is 11.3. The average molecular weight is 286 g/mol.